The molecule has 1 unspecified atom stereocenters. The standard InChI is InChI=1S/C12H16N2O/c1-4-14-11-6-5-8(2)7-10(11)13-12(14)9(3)15/h5-7,9,15H,4H2,1-3H3. The average Bonchev–Trinajstić information content (AvgIpc) is 2.55. The Hall–Kier alpha value is -1.35. The first-order chi connectivity index (χ1) is 7.13. The molecule has 2 aromatic rings. The van der Waals surface area contributed by atoms with E-state index in [2.05, 4.69) is 28.6 Å². The van der Waals surface area contributed by atoms with Crippen LogP contribution in [0.3, 0.4) is 0 Å². The van der Waals surface area contributed by atoms with Gasteiger partial charge in [0.2, 0.25) is 0 Å². The molecule has 2 rings (SSSR count). The summed E-state index contributed by atoms with van der Waals surface area (Å²) in [5.41, 5.74) is 3.26. The van der Waals surface area contributed by atoms with Gasteiger partial charge in [0, 0.05) is 6.54 Å². The Labute approximate surface area is 89.4 Å². The third-order valence-corrected chi connectivity index (χ3v) is 2.62. The molecule has 0 amide bonds. The maximum absolute atomic E-state index is 9.62. The SMILES string of the molecule is CCn1c(C(C)O)nc2cc(C)ccc21. The molecule has 0 bridgehead atoms. The number of imidazole rings is 1. The smallest absolute Gasteiger partial charge is 0.138 e. The second kappa shape index (κ2) is 3.66. The van der Waals surface area contributed by atoms with Gasteiger partial charge in [-0.1, -0.05) is 6.07 Å². The van der Waals surface area contributed by atoms with Gasteiger partial charge in [-0.15, -0.1) is 0 Å². The summed E-state index contributed by atoms with van der Waals surface area (Å²) in [7, 11) is 0. The van der Waals surface area contributed by atoms with Crippen LogP contribution in [0.15, 0.2) is 18.2 Å². The number of aromatic nitrogens is 2. The number of aliphatic hydroxyl groups excluding tert-OH is 1. The Morgan fingerprint density at radius 2 is 2.20 bits per heavy atom. The molecular weight excluding hydrogens is 188 g/mol. The van der Waals surface area contributed by atoms with E-state index in [0.717, 1.165) is 23.4 Å². The Balaban J connectivity index is 2.73. The molecule has 80 valence electrons. The van der Waals surface area contributed by atoms with E-state index < -0.39 is 6.10 Å². The van der Waals surface area contributed by atoms with Crippen molar-refractivity contribution in [2.24, 2.45) is 0 Å². The van der Waals surface area contributed by atoms with Gasteiger partial charge in [-0.2, -0.15) is 0 Å². The largest absolute Gasteiger partial charge is 0.385 e. The third kappa shape index (κ3) is 1.63. The zero-order valence-corrected chi connectivity index (χ0v) is 9.36. The van der Waals surface area contributed by atoms with E-state index >= 15 is 0 Å². The van der Waals surface area contributed by atoms with Crippen LogP contribution in [-0.4, -0.2) is 14.7 Å². The minimum absolute atomic E-state index is 0.516. The lowest BCUT2D eigenvalue weighted by Crippen LogP contribution is -2.04. The van der Waals surface area contributed by atoms with Gasteiger partial charge >= 0.3 is 0 Å². The number of fused-ring (bicyclic) bond motifs is 1. The van der Waals surface area contributed by atoms with E-state index in [9.17, 15) is 5.11 Å². The predicted molar refractivity (Wildman–Crippen MR) is 60.8 cm³/mol. The van der Waals surface area contributed by atoms with Crippen molar-refractivity contribution in [2.45, 2.75) is 33.4 Å². The first-order valence-corrected chi connectivity index (χ1v) is 5.28. The molecule has 15 heavy (non-hydrogen) atoms. The van der Waals surface area contributed by atoms with Crippen LogP contribution in [0.4, 0.5) is 0 Å². The van der Waals surface area contributed by atoms with Gasteiger partial charge in [0.1, 0.15) is 11.9 Å². The lowest BCUT2D eigenvalue weighted by Gasteiger charge is -2.07. The second-order valence-corrected chi connectivity index (χ2v) is 3.88. The summed E-state index contributed by atoms with van der Waals surface area (Å²) in [5.74, 6) is 0.748. The minimum Gasteiger partial charge on any atom is -0.385 e. The highest BCUT2D eigenvalue weighted by Crippen LogP contribution is 2.21. The van der Waals surface area contributed by atoms with E-state index in [1.165, 1.54) is 5.56 Å². The fourth-order valence-electron chi connectivity index (χ4n) is 1.91. The Bertz CT molecular complexity index is 486. The van der Waals surface area contributed by atoms with Gasteiger partial charge < -0.3 is 9.67 Å². The summed E-state index contributed by atoms with van der Waals surface area (Å²) in [4.78, 5) is 4.46. The molecule has 0 saturated carbocycles. The van der Waals surface area contributed by atoms with Crippen molar-refractivity contribution >= 4 is 11.0 Å². The van der Waals surface area contributed by atoms with Crippen LogP contribution in [-0.2, 0) is 6.54 Å². The zero-order chi connectivity index (χ0) is 11.0. The maximum Gasteiger partial charge on any atom is 0.138 e. The number of aliphatic hydroxyl groups is 1. The van der Waals surface area contributed by atoms with Crippen molar-refractivity contribution in [1.82, 2.24) is 9.55 Å². The van der Waals surface area contributed by atoms with Crippen LogP contribution in [0.2, 0.25) is 0 Å². The number of rotatable bonds is 2. The summed E-state index contributed by atoms with van der Waals surface area (Å²) in [6.45, 7) is 6.69. The lowest BCUT2D eigenvalue weighted by molar-refractivity contribution is 0.184. The van der Waals surface area contributed by atoms with Gasteiger partial charge in [-0.05, 0) is 38.5 Å². The summed E-state index contributed by atoms with van der Waals surface area (Å²) >= 11 is 0. The van der Waals surface area contributed by atoms with Gasteiger partial charge in [0.25, 0.3) is 0 Å². The monoisotopic (exact) mass is 204 g/mol. The lowest BCUT2D eigenvalue weighted by atomic mass is 10.2. The molecule has 0 spiro atoms. The van der Waals surface area contributed by atoms with Crippen LogP contribution in [0.1, 0.15) is 31.3 Å². The molecule has 0 aliphatic carbocycles. The van der Waals surface area contributed by atoms with E-state index in [1.54, 1.807) is 6.92 Å². The number of hydrogen-bond donors (Lipinski definition) is 1. The average molecular weight is 204 g/mol. The summed E-state index contributed by atoms with van der Waals surface area (Å²) in [6.07, 6.45) is -0.516. The van der Waals surface area contributed by atoms with Crippen LogP contribution in [0.25, 0.3) is 11.0 Å². The molecule has 0 radical (unpaired) electrons. The molecule has 3 nitrogen and oxygen atoms in total. The molecule has 0 saturated heterocycles. The molecule has 1 aromatic heterocycles. The van der Waals surface area contributed by atoms with Crippen LogP contribution >= 0.6 is 0 Å². The summed E-state index contributed by atoms with van der Waals surface area (Å²) in [5, 5.41) is 9.62. The third-order valence-electron chi connectivity index (χ3n) is 2.62. The normalized spacial score (nSPS) is 13.3. The first kappa shape index (κ1) is 10.2. The highest BCUT2D eigenvalue weighted by Gasteiger charge is 2.13. The van der Waals surface area contributed by atoms with Crippen molar-refractivity contribution in [3.05, 3.63) is 29.6 Å². The van der Waals surface area contributed by atoms with Gasteiger partial charge in [0.15, 0.2) is 0 Å². The summed E-state index contributed by atoms with van der Waals surface area (Å²) in [6, 6.07) is 6.18. The second-order valence-electron chi connectivity index (χ2n) is 3.88. The Morgan fingerprint density at radius 1 is 1.47 bits per heavy atom. The number of benzene rings is 1. The zero-order valence-electron chi connectivity index (χ0n) is 9.36. The van der Waals surface area contributed by atoms with Crippen LogP contribution < -0.4 is 0 Å². The Kier molecular flexibility index (Phi) is 2.49. The van der Waals surface area contributed by atoms with Crippen molar-refractivity contribution < 1.29 is 5.11 Å². The quantitative estimate of drug-likeness (QED) is 0.815. The number of aryl methyl sites for hydroxylation is 2. The molecule has 3 heteroatoms. The van der Waals surface area contributed by atoms with Gasteiger partial charge in [-0.3, -0.25) is 0 Å². The first-order valence-electron chi connectivity index (χ1n) is 5.28. The molecule has 1 N–H and O–H groups in total. The number of hydrogen-bond acceptors (Lipinski definition) is 2. The molecule has 1 atom stereocenters. The molecule has 0 aliphatic rings. The van der Waals surface area contributed by atoms with Gasteiger partial charge in [-0.25, -0.2) is 4.98 Å². The molecular formula is C12H16N2O. The van der Waals surface area contributed by atoms with E-state index in [0.29, 0.717) is 0 Å². The van der Waals surface area contributed by atoms with Crippen LogP contribution in [0.5, 0.6) is 0 Å². The minimum atomic E-state index is -0.516. The summed E-state index contributed by atoms with van der Waals surface area (Å²) < 4.78 is 2.06. The fourth-order valence-corrected chi connectivity index (χ4v) is 1.91. The van der Waals surface area contributed by atoms with Gasteiger partial charge in [0.05, 0.1) is 11.0 Å². The number of nitrogens with zero attached hydrogens (tertiary/aromatic N) is 2. The highest BCUT2D eigenvalue weighted by atomic mass is 16.3. The van der Waals surface area contributed by atoms with E-state index in [4.69, 9.17) is 0 Å². The van der Waals surface area contributed by atoms with Crippen molar-refractivity contribution in [3.8, 4) is 0 Å². The van der Waals surface area contributed by atoms with Crippen molar-refractivity contribution in [1.29, 1.82) is 0 Å². The molecule has 0 fully saturated rings. The van der Waals surface area contributed by atoms with E-state index in [-0.39, 0.29) is 0 Å². The van der Waals surface area contributed by atoms with Crippen molar-refractivity contribution in [2.75, 3.05) is 0 Å². The molecule has 1 heterocycles. The van der Waals surface area contributed by atoms with Crippen molar-refractivity contribution in [3.63, 3.8) is 0 Å². The predicted octanol–water partition coefficient (Wildman–Crippen LogP) is 2.42. The van der Waals surface area contributed by atoms with E-state index in [1.807, 2.05) is 13.0 Å². The molecule has 1 aromatic carbocycles. The topological polar surface area (TPSA) is 38.0 Å². The Morgan fingerprint density at radius 3 is 2.80 bits per heavy atom. The fraction of sp³-hybridized carbons (Fsp3) is 0.417. The highest BCUT2D eigenvalue weighted by molar-refractivity contribution is 5.76. The maximum atomic E-state index is 9.62. The molecule has 0 aliphatic heterocycles. The van der Waals surface area contributed by atoms with Crippen LogP contribution in [0, 0.1) is 6.92 Å².